The zero-order valence-electron chi connectivity index (χ0n) is 22.3. The highest BCUT2D eigenvalue weighted by atomic mass is 32.2. The minimum atomic E-state index is -0.601. The molecule has 1 N–H and O–H groups in total. The quantitative estimate of drug-likeness (QED) is 0.318. The van der Waals surface area contributed by atoms with Crippen LogP contribution in [0, 0.1) is 12.8 Å². The fraction of sp³-hybridized carbons (Fsp3) is 0.355. The van der Waals surface area contributed by atoms with Gasteiger partial charge in [0.1, 0.15) is 11.8 Å². The molecule has 0 aliphatic heterocycles. The Labute approximate surface area is 225 Å². The number of hydrogen-bond acceptors (Lipinski definition) is 4. The van der Waals surface area contributed by atoms with Crippen molar-refractivity contribution < 1.29 is 14.3 Å². The number of carbonyl (C=O) groups is 2. The van der Waals surface area contributed by atoms with Crippen molar-refractivity contribution in [1.82, 2.24) is 10.2 Å². The Morgan fingerprint density at radius 2 is 1.62 bits per heavy atom. The molecular weight excluding hydrogens is 480 g/mol. The van der Waals surface area contributed by atoms with Gasteiger partial charge >= 0.3 is 0 Å². The normalized spacial score (nSPS) is 11.7. The molecule has 0 saturated carbocycles. The van der Waals surface area contributed by atoms with Crippen molar-refractivity contribution in [2.45, 2.75) is 45.5 Å². The van der Waals surface area contributed by atoms with Crippen LogP contribution in [0.2, 0.25) is 0 Å². The van der Waals surface area contributed by atoms with Crippen molar-refractivity contribution in [1.29, 1.82) is 0 Å². The molecule has 5 nitrogen and oxygen atoms in total. The van der Waals surface area contributed by atoms with Crippen LogP contribution < -0.4 is 10.1 Å². The third kappa shape index (κ3) is 9.29. The average molecular weight is 519 g/mol. The second-order valence-corrected chi connectivity index (χ2v) is 10.7. The average Bonchev–Trinajstić information content (AvgIpc) is 2.90. The third-order valence-corrected chi connectivity index (χ3v) is 7.03. The van der Waals surface area contributed by atoms with Gasteiger partial charge < -0.3 is 15.0 Å². The van der Waals surface area contributed by atoms with E-state index in [9.17, 15) is 9.59 Å². The van der Waals surface area contributed by atoms with E-state index >= 15 is 0 Å². The SMILES string of the molecule is COc1ccc(CSCC(=O)N(Cc2cccc(C)c2)C(Cc2ccccc2)C(=O)NCC(C)C)cc1. The highest BCUT2D eigenvalue weighted by molar-refractivity contribution is 7.99. The Morgan fingerprint density at radius 3 is 2.27 bits per heavy atom. The molecule has 0 heterocycles. The first-order chi connectivity index (χ1) is 17.9. The lowest BCUT2D eigenvalue weighted by Gasteiger charge is -2.32. The molecule has 0 radical (unpaired) electrons. The van der Waals surface area contributed by atoms with Crippen molar-refractivity contribution in [2.75, 3.05) is 19.4 Å². The van der Waals surface area contributed by atoms with Crippen LogP contribution in [-0.2, 0) is 28.3 Å². The molecule has 3 aromatic rings. The molecule has 0 saturated heterocycles. The van der Waals surface area contributed by atoms with Gasteiger partial charge in [-0.1, -0.05) is 86.1 Å². The summed E-state index contributed by atoms with van der Waals surface area (Å²) in [7, 11) is 1.65. The van der Waals surface area contributed by atoms with E-state index in [1.165, 1.54) is 0 Å². The predicted molar refractivity (Wildman–Crippen MR) is 153 cm³/mol. The summed E-state index contributed by atoms with van der Waals surface area (Å²) < 4.78 is 5.23. The summed E-state index contributed by atoms with van der Waals surface area (Å²) in [5.74, 6) is 1.98. The second-order valence-electron chi connectivity index (χ2n) is 9.70. The van der Waals surface area contributed by atoms with Gasteiger partial charge in [0.05, 0.1) is 12.9 Å². The summed E-state index contributed by atoms with van der Waals surface area (Å²) in [5, 5.41) is 3.08. The fourth-order valence-electron chi connectivity index (χ4n) is 4.04. The topological polar surface area (TPSA) is 58.6 Å². The van der Waals surface area contributed by atoms with Gasteiger partial charge in [0.15, 0.2) is 0 Å². The number of amides is 2. The molecule has 0 aromatic heterocycles. The number of carbonyl (C=O) groups excluding carboxylic acids is 2. The van der Waals surface area contributed by atoms with Gasteiger partial charge in [0, 0.05) is 25.3 Å². The van der Waals surface area contributed by atoms with E-state index in [2.05, 4.69) is 25.2 Å². The van der Waals surface area contributed by atoms with Crippen LogP contribution in [0.4, 0.5) is 0 Å². The van der Waals surface area contributed by atoms with Crippen LogP contribution in [0.1, 0.15) is 36.1 Å². The summed E-state index contributed by atoms with van der Waals surface area (Å²) in [6.45, 7) is 7.13. The summed E-state index contributed by atoms with van der Waals surface area (Å²) >= 11 is 1.56. The summed E-state index contributed by atoms with van der Waals surface area (Å²) in [4.78, 5) is 29.0. The van der Waals surface area contributed by atoms with E-state index in [0.29, 0.717) is 36.9 Å². The van der Waals surface area contributed by atoms with E-state index in [1.54, 1.807) is 23.8 Å². The number of rotatable bonds is 13. The first-order valence-electron chi connectivity index (χ1n) is 12.7. The summed E-state index contributed by atoms with van der Waals surface area (Å²) in [6.07, 6.45) is 0.464. The zero-order valence-corrected chi connectivity index (χ0v) is 23.1. The monoisotopic (exact) mass is 518 g/mol. The molecule has 2 amide bonds. The van der Waals surface area contributed by atoms with Gasteiger partial charge in [-0.25, -0.2) is 0 Å². The van der Waals surface area contributed by atoms with Crippen molar-refractivity contribution in [3.05, 3.63) is 101 Å². The number of nitrogens with one attached hydrogen (secondary N) is 1. The highest BCUT2D eigenvalue weighted by Gasteiger charge is 2.30. The van der Waals surface area contributed by atoms with Gasteiger partial charge in [0.2, 0.25) is 11.8 Å². The van der Waals surface area contributed by atoms with E-state index in [-0.39, 0.29) is 11.8 Å². The molecule has 37 heavy (non-hydrogen) atoms. The second kappa shape index (κ2) is 14.5. The standard InChI is InChI=1S/C31H38N2O3S/c1-23(2)19-32-31(35)29(18-25-10-6-5-7-11-25)33(20-27-12-8-9-24(3)17-27)30(34)22-37-21-26-13-15-28(36-4)16-14-26/h5-17,23,29H,18-22H2,1-4H3,(H,32,35). The lowest BCUT2D eigenvalue weighted by Crippen LogP contribution is -2.51. The minimum Gasteiger partial charge on any atom is -0.497 e. The van der Waals surface area contributed by atoms with Crippen molar-refractivity contribution in [2.24, 2.45) is 5.92 Å². The lowest BCUT2D eigenvalue weighted by molar-refractivity contribution is -0.139. The van der Waals surface area contributed by atoms with Crippen LogP contribution >= 0.6 is 11.8 Å². The first kappa shape index (κ1) is 28.3. The van der Waals surface area contributed by atoms with Gasteiger partial charge in [0.25, 0.3) is 0 Å². The highest BCUT2D eigenvalue weighted by Crippen LogP contribution is 2.20. The maximum absolute atomic E-state index is 13.7. The Morgan fingerprint density at radius 1 is 0.919 bits per heavy atom. The maximum Gasteiger partial charge on any atom is 0.243 e. The van der Waals surface area contributed by atoms with Crippen molar-refractivity contribution in [3.8, 4) is 5.75 Å². The van der Waals surface area contributed by atoms with Crippen LogP contribution in [0.25, 0.3) is 0 Å². The number of aryl methyl sites for hydroxylation is 1. The molecule has 0 aliphatic carbocycles. The van der Waals surface area contributed by atoms with E-state index in [0.717, 1.165) is 28.0 Å². The van der Waals surface area contributed by atoms with E-state index in [4.69, 9.17) is 4.74 Å². The number of methoxy groups -OCH3 is 1. The molecule has 0 aliphatic rings. The third-order valence-electron chi connectivity index (χ3n) is 6.04. The minimum absolute atomic E-state index is 0.0411. The van der Waals surface area contributed by atoms with E-state index < -0.39 is 6.04 Å². The number of hydrogen-bond donors (Lipinski definition) is 1. The van der Waals surface area contributed by atoms with Crippen LogP contribution in [0.15, 0.2) is 78.9 Å². The Balaban J connectivity index is 1.82. The summed E-state index contributed by atoms with van der Waals surface area (Å²) in [6, 6.07) is 25.3. The number of thioether (sulfide) groups is 1. The van der Waals surface area contributed by atoms with E-state index in [1.807, 2.05) is 79.7 Å². The van der Waals surface area contributed by atoms with Crippen LogP contribution in [0.3, 0.4) is 0 Å². The molecule has 0 bridgehead atoms. The zero-order chi connectivity index (χ0) is 26.6. The smallest absolute Gasteiger partial charge is 0.243 e. The lowest BCUT2D eigenvalue weighted by atomic mass is 10.0. The molecule has 0 spiro atoms. The maximum atomic E-state index is 13.7. The van der Waals surface area contributed by atoms with Gasteiger partial charge in [-0.05, 0) is 41.7 Å². The number of benzene rings is 3. The van der Waals surface area contributed by atoms with Crippen molar-refractivity contribution in [3.63, 3.8) is 0 Å². The van der Waals surface area contributed by atoms with Gasteiger partial charge in [-0.2, -0.15) is 0 Å². The predicted octanol–water partition coefficient (Wildman–Crippen LogP) is 5.65. The molecule has 196 valence electrons. The molecule has 1 unspecified atom stereocenters. The van der Waals surface area contributed by atoms with Gasteiger partial charge in [-0.15, -0.1) is 11.8 Å². The Bertz CT molecular complexity index is 1130. The number of nitrogens with zero attached hydrogens (tertiary/aromatic N) is 1. The fourth-order valence-corrected chi connectivity index (χ4v) is 4.92. The van der Waals surface area contributed by atoms with Gasteiger partial charge in [-0.3, -0.25) is 9.59 Å². The van der Waals surface area contributed by atoms with Crippen LogP contribution in [0.5, 0.6) is 5.75 Å². The molecule has 6 heteroatoms. The van der Waals surface area contributed by atoms with Crippen LogP contribution in [-0.4, -0.2) is 42.2 Å². The Kier molecular flexibility index (Phi) is 11.1. The molecule has 0 fully saturated rings. The summed E-state index contributed by atoms with van der Waals surface area (Å²) in [5.41, 5.74) is 4.30. The molecular formula is C31H38N2O3S. The van der Waals surface area contributed by atoms with Crippen molar-refractivity contribution >= 4 is 23.6 Å². The molecule has 3 rings (SSSR count). The molecule has 3 aromatic carbocycles. The largest absolute Gasteiger partial charge is 0.497 e. The Hall–Kier alpha value is -3.25. The first-order valence-corrected chi connectivity index (χ1v) is 13.9. The number of ether oxygens (including phenoxy) is 1. The molecule has 1 atom stereocenters.